The molecular formula is C15H16N2S. The molecular weight excluding hydrogens is 240 g/mol. The van der Waals surface area contributed by atoms with Gasteiger partial charge in [-0.3, -0.25) is 9.98 Å². The van der Waals surface area contributed by atoms with Crippen LogP contribution in [-0.4, -0.2) is 17.2 Å². The van der Waals surface area contributed by atoms with Crippen molar-refractivity contribution < 1.29 is 0 Å². The van der Waals surface area contributed by atoms with Gasteiger partial charge in [-0.15, -0.1) is 11.3 Å². The SMILES string of the molecule is CC1CCC(c2ccc(-c3cncs3)cc2)=NC1. The van der Waals surface area contributed by atoms with Crippen molar-refractivity contribution in [2.45, 2.75) is 19.8 Å². The van der Waals surface area contributed by atoms with E-state index in [0.29, 0.717) is 0 Å². The van der Waals surface area contributed by atoms with E-state index >= 15 is 0 Å². The summed E-state index contributed by atoms with van der Waals surface area (Å²) in [6.07, 6.45) is 4.29. The minimum absolute atomic E-state index is 0.741. The molecule has 0 saturated heterocycles. The maximum absolute atomic E-state index is 4.68. The molecule has 0 radical (unpaired) electrons. The monoisotopic (exact) mass is 256 g/mol. The molecule has 1 aliphatic heterocycles. The van der Waals surface area contributed by atoms with Crippen molar-refractivity contribution in [2.75, 3.05) is 6.54 Å². The van der Waals surface area contributed by atoms with Crippen LogP contribution >= 0.6 is 11.3 Å². The first-order valence-electron chi connectivity index (χ1n) is 6.35. The van der Waals surface area contributed by atoms with Gasteiger partial charge in [0.25, 0.3) is 0 Å². The van der Waals surface area contributed by atoms with Gasteiger partial charge in [0, 0.05) is 18.5 Å². The highest BCUT2D eigenvalue weighted by Gasteiger charge is 2.12. The standard InChI is InChI=1S/C15H16N2S/c1-11-2-7-14(17-8-11)12-3-5-13(6-4-12)15-9-16-10-18-15/h3-6,9-11H,2,7-8H2,1H3. The molecule has 0 amide bonds. The van der Waals surface area contributed by atoms with E-state index in [0.717, 1.165) is 18.9 Å². The van der Waals surface area contributed by atoms with E-state index in [9.17, 15) is 0 Å². The molecule has 0 aliphatic carbocycles. The average Bonchev–Trinajstić information content (AvgIpc) is 2.94. The minimum atomic E-state index is 0.741. The van der Waals surface area contributed by atoms with Crippen LogP contribution in [0.15, 0.2) is 41.0 Å². The molecule has 1 aliphatic rings. The minimum Gasteiger partial charge on any atom is -0.289 e. The highest BCUT2D eigenvalue weighted by molar-refractivity contribution is 7.13. The molecule has 0 saturated carbocycles. The predicted octanol–water partition coefficient (Wildman–Crippen LogP) is 4.03. The van der Waals surface area contributed by atoms with Crippen LogP contribution in [0.4, 0.5) is 0 Å². The highest BCUT2D eigenvalue weighted by Crippen LogP contribution is 2.24. The molecule has 2 nitrogen and oxygen atoms in total. The second kappa shape index (κ2) is 5.02. The third-order valence-corrected chi connectivity index (χ3v) is 4.22. The van der Waals surface area contributed by atoms with Gasteiger partial charge in [-0.25, -0.2) is 0 Å². The van der Waals surface area contributed by atoms with Gasteiger partial charge in [-0.2, -0.15) is 0 Å². The van der Waals surface area contributed by atoms with Gasteiger partial charge in [0.2, 0.25) is 0 Å². The molecule has 0 spiro atoms. The van der Waals surface area contributed by atoms with E-state index < -0.39 is 0 Å². The Kier molecular flexibility index (Phi) is 3.24. The Bertz CT molecular complexity index is 540. The van der Waals surface area contributed by atoms with Gasteiger partial charge < -0.3 is 0 Å². The molecule has 3 rings (SSSR count). The molecule has 1 aromatic heterocycles. The summed E-state index contributed by atoms with van der Waals surface area (Å²) in [5.74, 6) is 0.741. The van der Waals surface area contributed by atoms with Crippen LogP contribution in [0.1, 0.15) is 25.3 Å². The van der Waals surface area contributed by atoms with Gasteiger partial charge >= 0.3 is 0 Å². The number of nitrogens with zero attached hydrogens (tertiary/aromatic N) is 2. The first-order chi connectivity index (χ1) is 8.83. The lowest BCUT2D eigenvalue weighted by atomic mass is 9.95. The van der Waals surface area contributed by atoms with Crippen LogP contribution in [0.25, 0.3) is 10.4 Å². The number of hydrogen-bond donors (Lipinski definition) is 0. The Labute approximate surface area is 111 Å². The highest BCUT2D eigenvalue weighted by atomic mass is 32.1. The lowest BCUT2D eigenvalue weighted by molar-refractivity contribution is 0.538. The zero-order valence-electron chi connectivity index (χ0n) is 10.5. The Hall–Kier alpha value is -1.48. The summed E-state index contributed by atoms with van der Waals surface area (Å²) < 4.78 is 0. The topological polar surface area (TPSA) is 25.2 Å². The zero-order valence-corrected chi connectivity index (χ0v) is 11.3. The Morgan fingerprint density at radius 1 is 1.17 bits per heavy atom. The largest absolute Gasteiger partial charge is 0.289 e. The molecule has 1 aromatic carbocycles. The second-order valence-electron chi connectivity index (χ2n) is 4.87. The fourth-order valence-electron chi connectivity index (χ4n) is 2.24. The molecule has 2 aromatic rings. The van der Waals surface area contributed by atoms with Gasteiger partial charge in [0.1, 0.15) is 0 Å². The fourth-order valence-corrected chi connectivity index (χ4v) is 2.87. The van der Waals surface area contributed by atoms with Crippen molar-refractivity contribution >= 4 is 17.0 Å². The van der Waals surface area contributed by atoms with Gasteiger partial charge in [0.05, 0.1) is 10.4 Å². The molecule has 3 heteroatoms. The number of hydrogen-bond acceptors (Lipinski definition) is 3. The number of aromatic nitrogens is 1. The van der Waals surface area contributed by atoms with Crippen molar-refractivity contribution in [3.63, 3.8) is 0 Å². The normalized spacial score (nSPS) is 19.6. The van der Waals surface area contributed by atoms with Crippen molar-refractivity contribution in [2.24, 2.45) is 10.9 Å². The smallest absolute Gasteiger partial charge is 0.0797 e. The maximum atomic E-state index is 4.68. The summed E-state index contributed by atoms with van der Waals surface area (Å²) in [4.78, 5) is 10.0. The number of benzene rings is 1. The third kappa shape index (κ3) is 2.36. The van der Waals surface area contributed by atoms with E-state index in [4.69, 9.17) is 0 Å². The molecule has 0 bridgehead atoms. The molecule has 1 atom stereocenters. The molecule has 0 N–H and O–H groups in total. The van der Waals surface area contributed by atoms with Crippen LogP contribution in [0.5, 0.6) is 0 Å². The predicted molar refractivity (Wildman–Crippen MR) is 77.4 cm³/mol. The van der Waals surface area contributed by atoms with Gasteiger partial charge in [-0.05, 0) is 29.9 Å². The van der Waals surface area contributed by atoms with Crippen LogP contribution in [0.2, 0.25) is 0 Å². The van der Waals surface area contributed by atoms with Gasteiger partial charge in [0.15, 0.2) is 0 Å². The Balaban J connectivity index is 1.83. The average molecular weight is 256 g/mol. The number of aliphatic imine (C=N–C) groups is 1. The number of thiazole rings is 1. The van der Waals surface area contributed by atoms with E-state index in [2.05, 4.69) is 41.2 Å². The first-order valence-corrected chi connectivity index (χ1v) is 7.23. The molecule has 18 heavy (non-hydrogen) atoms. The van der Waals surface area contributed by atoms with Crippen LogP contribution < -0.4 is 0 Å². The maximum Gasteiger partial charge on any atom is 0.0797 e. The summed E-state index contributed by atoms with van der Waals surface area (Å²) in [5.41, 5.74) is 5.65. The Morgan fingerprint density at radius 3 is 2.56 bits per heavy atom. The molecule has 2 heterocycles. The van der Waals surface area contributed by atoms with E-state index in [1.54, 1.807) is 11.3 Å². The van der Waals surface area contributed by atoms with Crippen molar-refractivity contribution in [3.05, 3.63) is 41.5 Å². The number of rotatable bonds is 2. The molecule has 1 unspecified atom stereocenters. The summed E-state index contributed by atoms with van der Waals surface area (Å²) >= 11 is 1.68. The third-order valence-electron chi connectivity index (χ3n) is 3.40. The summed E-state index contributed by atoms with van der Waals surface area (Å²) in [6, 6.07) is 8.71. The summed E-state index contributed by atoms with van der Waals surface area (Å²) in [6.45, 7) is 3.25. The fraction of sp³-hybridized carbons (Fsp3) is 0.333. The van der Waals surface area contributed by atoms with E-state index in [-0.39, 0.29) is 0 Å². The van der Waals surface area contributed by atoms with Gasteiger partial charge in [-0.1, -0.05) is 31.2 Å². The second-order valence-corrected chi connectivity index (χ2v) is 5.76. The van der Waals surface area contributed by atoms with Crippen molar-refractivity contribution in [1.29, 1.82) is 0 Å². The van der Waals surface area contributed by atoms with Crippen molar-refractivity contribution in [1.82, 2.24) is 4.98 Å². The summed E-state index contributed by atoms with van der Waals surface area (Å²) in [7, 11) is 0. The Morgan fingerprint density at radius 2 is 1.94 bits per heavy atom. The molecule has 92 valence electrons. The lowest BCUT2D eigenvalue weighted by Crippen LogP contribution is -2.14. The lowest BCUT2D eigenvalue weighted by Gasteiger charge is -2.17. The van der Waals surface area contributed by atoms with E-state index in [1.165, 1.54) is 28.1 Å². The quantitative estimate of drug-likeness (QED) is 0.796. The van der Waals surface area contributed by atoms with E-state index in [1.807, 2.05) is 11.7 Å². The molecule has 0 fully saturated rings. The summed E-state index contributed by atoms with van der Waals surface area (Å²) in [5, 5.41) is 0. The van der Waals surface area contributed by atoms with Crippen LogP contribution in [0.3, 0.4) is 0 Å². The zero-order chi connectivity index (χ0) is 12.4. The van der Waals surface area contributed by atoms with Crippen LogP contribution in [-0.2, 0) is 0 Å². The first kappa shape index (κ1) is 11.6. The van der Waals surface area contributed by atoms with Crippen LogP contribution in [0, 0.1) is 5.92 Å². The van der Waals surface area contributed by atoms with Crippen molar-refractivity contribution in [3.8, 4) is 10.4 Å².